The van der Waals surface area contributed by atoms with Gasteiger partial charge < -0.3 is 0 Å². The summed E-state index contributed by atoms with van der Waals surface area (Å²) < 4.78 is 0. The summed E-state index contributed by atoms with van der Waals surface area (Å²) in [5.41, 5.74) is 3.71. The first-order chi connectivity index (χ1) is 11.1. The molecule has 0 radical (unpaired) electrons. The number of fused-ring (bicyclic) bond motifs is 3. The van der Waals surface area contributed by atoms with Crippen molar-refractivity contribution in [3.05, 3.63) is 66.2 Å². The van der Waals surface area contributed by atoms with Crippen molar-refractivity contribution in [1.82, 2.24) is 0 Å². The lowest BCUT2D eigenvalue weighted by Crippen LogP contribution is -1.88. The minimum absolute atomic E-state index is 1.13. The molecule has 0 aliphatic rings. The fraction of sp³-hybridized carbons (Fsp3) is 0.304. The summed E-state index contributed by atoms with van der Waals surface area (Å²) in [5.74, 6) is 0. The Bertz CT molecular complexity index is 778. The van der Waals surface area contributed by atoms with Gasteiger partial charge in [-0.3, -0.25) is 0 Å². The Kier molecular flexibility index (Phi) is 7.54. The molecule has 0 atom stereocenters. The molecule has 3 aromatic rings. The van der Waals surface area contributed by atoms with E-state index in [-0.39, 0.29) is 0 Å². The van der Waals surface area contributed by atoms with Gasteiger partial charge in [-0.05, 0) is 46.5 Å². The second-order valence-corrected chi connectivity index (χ2v) is 5.61. The maximum atomic E-state index is 4.06. The third-order valence-electron chi connectivity index (χ3n) is 3.66. The van der Waals surface area contributed by atoms with Crippen LogP contribution in [0, 0.1) is 6.92 Å². The zero-order chi connectivity index (χ0) is 17.4. The van der Waals surface area contributed by atoms with Crippen molar-refractivity contribution in [2.24, 2.45) is 0 Å². The monoisotopic (exact) mass is 306 g/mol. The highest BCUT2D eigenvalue weighted by atomic mass is 14.1. The van der Waals surface area contributed by atoms with E-state index in [1.54, 1.807) is 0 Å². The lowest BCUT2D eigenvalue weighted by atomic mass is 9.93. The van der Waals surface area contributed by atoms with Crippen molar-refractivity contribution in [2.45, 2.75) is 48.0 Å². The van der Waals surface area contributed by atoms with Gasteiger partial charge in [0.25, 0.3) is 0 Å². The van der Waals surface area contributed by atoms with Gasteiger partial charge in [0.05, 0.1) is 0 Å². The largest absolute Gasteiger partial charge is 0.0955 e. The highest BCUT2D eigenvalue weighted by Crippen LogP contribution is 2.31. The zero-order valence-electron chi connectivity index (χ0n) is 15.5. The average Bonchev–Trinajstić information content (AvgIpc) is 2.57. The molecule has 0 amide bonds. The van der Waals surface area contributed by atoms with Gasteiger partial charge in [0.15, 0.2) is 0 Å². The highest BCUT2D eigenvalue weighted by Gasteiger charge is 2.06. The van der Waals surface area contributed by atoms with Crippen LogP contribution in [0.1, 0.15) is 52.2 Å². The summed E-state index contributed by atoms with van der Waals surface area (Å²) in [6, 6.07) is 17.4. The fourth-order valence-electron chi connectivity index (χ4n) is 2.70. The molecule has 0 fully saturated rings. The van der Waals surface area contributed by atoms with Crippen LogP contribution in [-0.4, -0.2) is 0 Å². The number of rotatable bonds is 1. The standard InChI is InChI=1S/C18H16.C3H8.C2H6/c1-12(2)15-10-11-18-16(13(15)3)9-8-14-6-4-5-7-17(14)18;1-3-2;1-2/h4-11H,1H2,2-3H3;3H2,1-2H3;1-2H3. The Hall–Kier alpha value is -2.08. The molecule has 3 aromatic carbocycles. The molecule has 0 bridgehead atoms. The van der Waals surface area contributed by atoms with E-state index in [1.165, 1.54) is 39.1 Å². The summed E-state index contributed by atoms with van der Waals surface area (Å²) in [4.78, 5) is 0. The van der Waals surface area contributed by atoms with Crippen molar-refractivity contribution >= 4 is 27.1 Å². The van der Waals surface area contributed by atoms with Crippen LogP contribution in [0.4, 0.5) is 0 Å². The molecule has 0 nitrogen and oxygen atoms in total. The predicted molar refractivity (Wildman–Crippen MR) is 108 cm³/mol. The van der Waals surface area contributed by atoms with E-state index in [2.05, 4.69) is 82.8 Å². The molecular weight excluding hydrogens is 276 g/mol. The molecule has 0 saturated carbocycles. The second kappa shape index (κ2) is 9.15. The lowest BCUT2D eigenvalue weighted by molar-refractivity contribution is 1.09. The number of hydrogen-bond donors (Lipinski definition) is 0. The zero-order valence-corrected chi connectivity index (χ0v) is 15.5. The average molecular weight is 306 g/mol. The van der Waals surface area contributed by atoms with Gasteiger partial charge in [0, 0.05) is 0 Å². The molecule has 0 heteroatoms. The number of benzene rings is 3. The Morgan fingerprint density at radius 3 is 2.00 bits per heavy atom. The van der Waals surface area contributed by atoms with Crippen LogP contribution in [0.2, 0.25) is 0 Å². The SMILES string of the molecule is C=C(C)c1ccc2c(ccc3ccccc32)c1C.CC.CCC. The van der Waals surface area contributed by atoms with Gasteiger partial charge in [0.2, 0.25) is 0 Å². The fourth-order valence-corrected chi connectivity index (χ4v) is 2.70. The first-order valence-electron chi connectivity index (χ1n) is 8.67. The Labute approximate surface area is 141 Å². The van der Waals surface area contributed by atoms with Gasteiger partial charge in [-0.1, -0.05) is 94.8 Å². The topological polar surface area (TPSA) is 0 Å². The summed E-state index contributed by atoms with van der Waals surface area (Å²) in [6.07, 6.45) is 1.25. The van der Waals surface area contributed by atoms with Crippen molar-refractivity contribution in [1.29, 1.82) is 0 Å². The van der Waals surface area contributed by atoms with Crippen LogP contribution in [0.25, 0.3) is 27.1 Å². The minimum atomic E-state index is 1.13. The third-order valence-corrected chi connectivity index (χ3v) is 3.66. The van der Waals surface area contributed by atoms with E-state index in [9.17, 15) is 0 Å². The maximum absolute atomic E-state index is 4.06. The van der Waals surface area contributed by atoms with Crippen LogP contribution < -0.4 is 0 Å². The number of aryl methyl sites for hydroxylation is 1. The summed E-state index contributed by atoms with van der Waals surface area (Å²) >= 11 is 0. The van der Waals surface area contributed by atoms with Crippen molar-refractivity contribution < 1.29 is 0 Å². The quantitative estimate of drug-likeness (QED) is 0.403. The molecule has 0 unspecified atom stereocenters. The van der Waals surface area contributed by atoms with Crippen LogP contribution in [-0.2, 0) is 0 Å². The molecular formula is C23H30. The second-order valence-electron chi connectivity index (χ2n) is 5.61. The maximum Gasteiger partial charge on any atom is -0.0102 e. The van der Waals surface area contributed by atoms with Gasteiger partial charge in [-0.15, -0.1) is 0 Å². The van der Waals surface area contributed by atoms with E-state index in [0.29, 0.717) is 0 Å². The minimum Gasteiger partial charge on any atom is -0.0955 e. The van der Waals surface area contributed by atoms with Gasteiger partial charge >= 0.3 is 0 Å². The number of hydrogen-bond acceptors (Lipinski definition) is 0. The summed E-state index contributed by atoms with van der Waals surface area (Å²) in [5, 5.41) is 5.28. The van der Waals surface area contributed by atoms with Gasteiger partial charge in [-0.25, -0.2) is 0 Å². The van der Waals surface area contributed by atoms with Crippen LogP contribution in [0.3, 0.4) is 0 Å². The normalized spacial score (nSPS) is 9.65. The van der Waals surface area contributed by atoms with E-state index < -0.39 is 0 Å². The summed E-state index contributed by atoms with van der Waals surface area (Å²) in [7, 11) is 0. The predicted octanol–water partition coefficient (Wildman–Crippen LogP) is 7.78. The lowest BCUT2D eigenvalue weighted by Gasteiger charge is -2.11. The first kappa shape index (κ1) is 19.0. The molecule has 3 rings (SSSR count). The molecule has 0 aliphatic heterocycles. The summed E-state index contributed by atoms with van der Waals surface area (Å²) in [6.45, 7) is 16.6. The molecule has 122 valence electrons. The molecule has 0 aliphatic carbocycles. The molecule has 0 aromatic heterocycles. The highest BCUT2D eigenvalue weighted by molar-refractivity contribution is 6.09. The molecule has 23 heavy (non-hydrogen) atoms. The van der Waals surface area contributed by atoms with Crippen molar-refractivity contribution in [3.8, 4) is 0 Å². The van der Waals surface area contributed by atoms with Crippen LogP contribution in [0.15, 0.2) is 55.1 Å². The molecule has 0 saturated heterocycles. The number of allylic oxidation sites excluding steroid dienone is 1. The first-order valence-corrected chi connectivity index (χ1v) is 8.67. The molecule has 0 spiro atoms. The Balaban J connectivity index is 0.000000477. The smallest absolute Gasteiger partial charge is 0.0102 e. The third kappa shape index (κ3) is 4.22. The van der Waals surface area contributed by atoms with Crippen LogP contribution >= 0.6 is 0 Å². The molecule has 0 heterocycles. The van der Waals surface area contributed by atoms with E-state index in [4.69, 9.17) is 0 Å². The molecule has 0 N–H and O–H groups in total. The van der Waals surface area contributed by atoms with E-state index >= 15 is 0 Å². The Morgan fingerprint density at radius 1 is 0.826 bits per heavy atom. The van der Waals surface area contributed by atoms with Crippen molar-refractivity contribution in [3.63, 3.8) is 0 Å². The van der Waals surface area contributed by atoms with Gasteiger partial charge in [-0.2, -0.15) is 0 Å². The van der Waals surface area contributed by atoms with E-state index in [0.717, 1.165) is 5.57 Å². The van der Waals surface area contributed by atoms with E-state index in [1.807, 2.05) is 13.8 Å². The van der Waals surface area contributed by atoms with Crippen LogP contribution in [0.5, 0.6) is 0 Å². The Morgan fingerprint density at radius 2 is 1.39 bits per heavy atom. The van der Waals surface area contributed by atoms with Gasteiger partial charge in [0.1, 0.15) is 0 Å². The van der Waals surface area contributed by atoms with Crippen molar-refractivity contribution in [2.75, 3.05) is 0 Å².